The predicted octanol–water partition coefficient (Wildman–Crippen LogP) is 1.06. The summed E-state index contributed by atoms with van der Waals surface area (Å²) in [5.74, 6) is 0.134. The van der Waals surface area contributed by atoms with E-state index < -0.39 is 0 Å². The number of carbonyl (C=O) groups is 1. The zero-order valence-corrected chi connectivity index (χ0v) is 6.53. The topological polar surface area (TPSA) is 42.7 Å². The highest BCUT2D eigenvalue weighted by Crippen LogP contribution is 2.10. The lowest BCUT2D eigenvalue weighted by atomic mass is 10.4. The van der Waals surface area contributed by atoms with Crippen molar-refractivity contribution in [3.8, 4) is 0 Å². The standard InChI is InChI=1S/C8H9NO3/c10-8(7-3-1-5-11-7)9-4-2-6-12-9/h1,3,5H,2,4,6H2. The van der Waals surface area contributed by atoms with E-state index in [1.807, 2.05) is 0 Å². The SMILES string of the molecule is O=C(c1ccco1)N1CCCO1. The lowest BCUT2D eigenvalue weighted by molar-refractivity contribution is -0.0784. The number of hydroxylamine groups is 2. The Morgan fingerprint density at radius 1 is 1.58 bits per heavy atom. The van der Waals surface area contributed by atoms with Crippen LogP contribution < -0.4 is 0 Å². The molecule has 12 heavy (non-hydrogen) atoms. The molecule has 1 fully saturated rings. The summed E-state index contributed by atoms with van der Waals surface area (Å²) in [4.78, 5) is 16.5. The number of carbonyl (C=O) groups excluding carboxylic acids is 1. The molecule has 0 radical (unpaired) electrons. The first-order valence-corrected chi connectivity index (χ1v) is 3.86. The molecule has 0 unspecified atom stereocenters. The Morgan fingerprint density at radius 3 is 3.08 bits per heavy atom. The van der Waals surface area contributed by atoms with Gasteiger partial charge >= 0.3 is 5.91 Å². The van der Waals surface area contributed by atoms with Crippen LogP contribution in [0.15, 0.2) is 22.8 Å². The van der Waals surface area contributed by atoms with Gasteiger partial charge in [0.05, 0.1) is 19.4 Å². The Labute approximate surface area is 69.7 Å². The van der Waals surface area contributed by atoms with Crippen molar-refractivity contribution in [2.75, 3.05) is 13.2 Å². The molecule has 4 nitrogen and oxygen atoms in total. The van der Waals surface area contributed by atoms with Crippen molar-refractivity contribution >= 4 is 5.91 Å². The molecule has 0 saturated carbocycles. The summed E-state index contributed by atoms with van der Waals surface area (Å²) >= 11 is 0. The third-order valence-corrected chi connectivity index (χ3v) is 1.71. The van der Waals surface area contributed by atoms with E-state index in [9.17, 15) is 4.79 Å². The first-order chi connectivity index (χ1) is 5.88. The van der Waals surface area contributed by atoms with Crippen molar-refractivity contribution < 1.29 is 14.0 Å². The first-order valence-electron chi connectivity index (χ1n) is 3.86. The summed E-state index contributed by atoms with van der Waals surface area (Å²) in [6.45, 7) is 1.27. The lowest BCUT2D eigenvalue weighted by Gasteiger charge is -2.10. The van der Waals surface area contributed by atoms with Gasteiger partial charge in [-0.05, 0) is 18.6 Å². The smallest absolute Gasteiger partial charge is 0.313 e. The van der Waals surface area contributed by atoms with Crippen molar-refractivity contribution in [3.05, 3.63) is 24.2 Å². The fourth-order valence-corrected chi connectivity index (χ4v) is 1.13. The molecule has 64 valence electrons. The number of nitrogens with zero attached hydrogens (tertiary/aromatic N) is 1. The van der Waals surface area contributed by atoms with Crippen LogP contribution in [0.1, 0.15) is 17.0 Å². The molecule has 0 aliphatic carbocycles. The van der Waals surface area contributed by atoms with Gasteiger partial charge in [0.1, 0.15) is 0 Å². The highest BCUT2D eigenvalue weighted by Gasteiger charge is 2.22. The second kappa shape index (κ2) is 2.98. The fraction of sp³-hybridized carbons (Fsp3) is 0.375. The molecule has 1 saturated heterocycles. The van der Waals surface area contributed by atoms with E-state index >= 15 is 0 Å². The molecule has 1 aliphatic heterocycles. The molecular formula is C8H9NO3. The summed E-state index contributed by atoms with van der Waals surface area (Å²) < 4.78 is 4.94. The number of rotatable bonds is 1. The number of furan rings is 1. The van der Waals surface area contributed by atoms with E-state index in [-0.39, 0.29) is 5.91 Å². The molecule has 4 heteroatoms. The third-order valence-electron chi connectivity index (χ3n) is 1.71. The maximum absolute atomic E-state index is 11.4. The molecular weight excluding hydrogens is 158 g/mol. The lowest BCUT2D eigenvalue weighted by Crippen LogP contribution is -2.25. The molecule has 2 rings (SSSR count). The van der Waals surface area contributed by atoms with Crippen LogP contribution in [-0.2, 0) is 4.84 Å². The highest BCUT2D eigenvalue weighted by atomic mass is 16.7. The molecule has 2 heterocycles. The van der Waals surface area contributed by atoms with Crippen molar-refractivity contribution in [3.63, 3.8) is 0 Å². The molecule has 1 aliphatic rings. The third kappa shape index (κ3) is 1.21. The van der Waals surface area contributed by atoms with Crippen molar-refractivity contribution in [1.82, 2.24) is 5.06 Å². The van der Waals surface area contributed by atoms with Gasteiger partial charge in [0.15, 0.2) is 5.76 Å². The van der Waals surface area contributed by atoms with E-state index in [4.69, 9.17) is 9.25 Å². The minimum absolute atomic E-state index is 0.197. The van der Waals surface area contributed by atoms with E-state index in [1.54, 1.807) is 12.1 Å². The molecule has 1 aromatic rings. The van der Waals surface area contributed by atoms with E-state index in [0.717, 1.165) is 6.42 Å². The molecule has 1 amide bonds. The average molecular weight is 167 g/mol. The molecule has 0 spiro atoms. The quantitative estimate of drug-likeness (QED) is 0.628. The van der Waals surface area contributed by atoms with Crippen LogP contribution in [0.2, 0.25) is 0 Å². The molecule has 0 bridgehead atoms. The maximum Gasteiger partial charge on any atom is 0.313 e. The van der Waals surface area contributed by atoms with E-state index in [1.165, 1.54) is 11.3 Å². The van der Waals surface area contributed by atoms with E-state index in [2.05, 4.69) is 0 Å². The van der Waals surface area contributed by atoms with Crippen LogP contribution in [0.4, 0.5) is 0 Å². The van der Waals surface area contributed by atoms with Crippen molar-refractivity contribution in [2.24, 2.45) is 0 Å². The predicted molar refractivity (Wildman–Crippen MR) is 40.3 cm³/mol. The van der Waals surface area contributed by atoms with Gasteiger partial charge in [-0.1, -0.05) is 0 Å². The van der Waals surface area contributed by atoms with Crippen LogP contribution in [0.5, 0.6) is 0 Å². The maximum atomic E-state index is 11.4. The minimum Gasteiger partial charge on any atom is -0.459 e. The molecule has 0 atom stereocenters. The monoisotopic (exact) mass is 167 g/mol. The average Bonchev–Trinajstić information content (AvgIpc) is 2.77. The second-order valence-corrected chi connectivity index (χ2v) is 2.57. The van der Waals surface area contributed by atoms with Gasteiger partial charge < -0.3 is 4.42 Å². The normalized spacial score (nSPS) is 16.8. The molecule has 0 N–H and O–H groups in total. The number of hydrogen-bond donors (Lipinski definition) is 0. The van der Waals surface area contributed by atoms with E-state index in [0.29, 0.717) is 18.9 Å². The highest BCUT2D eigenvalue weighted by molar-refractivity contribution is 5.90. The van der Waals surface area contributed by atoms with Gasteiger partial charge in [-0.2, -0.15) is 0 Å². The van der Waals surface area contributed by atoms with Crippen molar-refractivity contribution in [2.45, 2.75) is 6.42 Å². The van der Waals surface area contributed by atoms with Crippen LogP contribution in [-0.4, -0.2) is 24.1 Å². The van der Waals surface area contributed by atoms with Gasteiger partial charge in [0, 0.05) is 0 Å². The van der Waals surface area contributed by atoms with Crippen LogP contribution in [0.3, 0.4) is 0 Å². The van der Waals surface area contributed by atoms with Crippen molar-refractivity contribution in [1.29, 1.82) is 0 Å². The zero-order chi connectivity index (χ0) is 8.39. The van der Waals surface area contributed by atoms with Gasteiger partial charge in [-0.3, -0.25) is 9.63 Å². The Bertz CT molecular complexity index is 262. The number of hydrogen-bond acceptors (Lipinski definition) is 3. The Hall–Kier alpha value is -1.29. The van der Waals surface area contributed by atoms with Gasteiger partial charge in [0.25, 0.3) is 0 Å². The Kier molecular flexibility index (Phi) is 1.83. The molecule has 1 aromatic heterocycles. The summed E-state index contributed by atoms with van der Waals surface area (Å²) in [6.07, 6.45) is 2.37. The van der Waals surface area contributed by atoms with Gasteiger partial charge in [0.2, 0.25) is 0 Å². The minimum atomic E-state index is -0.197. The fourth-order valence-electron chi connectivity index (χ4n) is 1.13. The van der Waals surface area contributed by atoms with Crippen LogP contribution >= 0.6 is 0 Å². The Balaban J connectivity index is 2.09. The first kappa shape index (κ1) is 7.36. The van der Waals surface area contributed by atoms with Crippen LogP contribution in [0.25, 0.3) is 0 Å². The largest absolute Gasteiger partial charge is 0.459 e. The van der Waals surface area contributed by atoms with Crippen LogP contribution in [0, 0.1) is 0 Å². The summed E-state index contributed by atoms with van der Waals surface area (Å²) in [7, 11) is 0. The second-order valence-electron chi connectivity index (χ2n) is 2.57. The molecule has 0 aromatic carbocycles. The van der Waals surface area contributed by atoms with Gasteiger partial charge in [-0.25, -0.2) is 5.06 Å². The summed E-state index contributed by atoms with van der Waals surface area (Å²) in [6, 6.07) is 3.31. The summed E-state index contributed by atoms with van der Waals surface area (Å²) in [5, 5.41) is 1.33. The number of amides is 1. The zero-order valence-electron chi connectivity index (χ0n) is 6.53. The Morgan fingerprint density at radius 2 is 2.50 bits per heavy atom. The summed E-state index contributed by atoms with van der Waals surface area (Å²) in [5.41, 5.74) is 0. The van der Waals surface area contributed by atoms with Gasteiger partial charge in [-0.15, -0.1) is 0 Å².